The van der Waals surface area contributed by atoms with E-state index < -0.39 is 5.97 Å². The molecule has 0 aliphatic carbocycles. The number of carboxylic acid groups (broad SMARTS) is 1. The SMILES string of the molecule is CC(SCC(C)(C)C)C(=O)O. The van der Waals surface area contributed by atoms with Crippen molar-refractivity contribution in [3.05, 3.63) is 0 Å². The molecule has 0 rings (SSSR count). The van der Waals surface area contributed by atoms with Gasteiger partial charge < -0.3 is 5.11 Å². The Labute approximate surface area is 72.4 Å². The molecule has 0 fully saturated rings. The Bertz CT molecular complexity index is 138. The first-order valence-electron chi connectivity index (χ1n) is 3.67. The highest BCUT2D eigenvalue weighted by atomic mass is 32.2. The summed E-state index contributed by atoms with van der Waals surface area (Å²) in [4.78, 5) is 10.4. The molecule has 0 aromatic heterocycles. The van der Waals surface area contributed by atoms with Crippen molar-refractivity contribution in [1.82, 2.24) is 0 Å². The van der Waals surface area contributed by atoms with Crippen molar-refractivity contribution in [2.75, 3.05) is 5.75 Å². The average molecular weight is 176 g/mol. The van der Waals surface area contributed by atoms with E-state index >= 15 is 0 Å². The molecule has 0 aliphatic heterocycles. The summed E-state index contributed by atoms with van der Waals surface area (Å²) >= 11 is 1.49. The second kappa shape index (κ2) is 4.00. The fourth-order valence-electron chi connectivity index (χ4n) is 0.446. The Kier molecular flexibility index (Phi) is 3.93. The summed E-state index contributed by atoms with van der Waals surface area (Å²) < 4.78 is 0. The molecule has 0 saturated carbocycles. The molecular formula is C8H16O2S. The zero-order valence-corrected chi connectivity index (χ0v) is 8.36. The van der Waals surface area contributed by atoms with Crippen LogP contribution in [0.4, 0.5) is 0 Å². The topological polar surface area (TPSA) is 37.3 Å². The zero-order chi connectivity index (χ0) is 9.07. The molecule has 1 N–H and O–H groups in total. The van der Waals surface area contributed by atoms with E-state index in [9.17, 15) is 4.79 Å². The van der Waals surface area contributed by atoms with E-state index in [1.54, 1.807) is 6.92 Å². The highest BCUT2D eigenvalue weighted by Gasteiger charge is 2.16. The van der Waals surface area contributed by atoms with Crippen LogP contribution in [0.3, 0.4) is 0 Å². The third kappa shape index (κ3) is 6.23. The average Bonchev–Trinajstić information content (AvgIpc) is 1.80. The molecule has 0 radical (unpaired) electrons. The highest BCUT2D eigenvalue weighted by Crippen LogP contribution is 2.23. The summed E-state index contributed by atoms with van der Waals surface area (Å²) in [5.41, 5.74) is 0.217. The van der Waals surface area contributed by atoms with Crippen molar-refractivity contribution in [2.24, 2.45) is 5.41 Å². The number of rotatable bonds is 3. The maximum atomic E-state index is 10.4. The van der Waals surface area contributed by atoms with Crippen LogP contribution in [0, 0.1) is 5.41 Å². The molecule has 1 unspecified atom stereocenters. The predicted octanol–water partition coefficient (Wildman–Crippen LogP) is 2.24. The van der Waals surface area contributed by atoms with Crippen molar-refractivity contribution in [2.45, 2.75) is 32.9 Å². The first-order chi connectivity index (χ1) is 4.83. The Hall–Kier alpha value is -0.180. The summed E-state index contributed by atoms with van der Waals surface area (Å²) in [6.07, 6.45) is 0. The smallest absolute Gasteiger partial charge is 0.316 e. The van der Waals surface area contributed by atoms with Crippen LogP contribution >= 0.6 is 11.8 Å². The molecule has 1 atom stereocenters. The van der Waals surface area contributed by atoms with Gasteiger partial charge in [0, 0.05) is 0 Å². The van der Waals surface area contributed by atoms with Crippen LogP contribution in [-0.2, 0) is 4.79 Å². The molecule has 0 aliphatic rings. The number of carboxylic acids is 1. The maximum Gasteiger partial charge on any atom is 0.316 e. The maximum absolute atomic E-state index is 10.4. The minimum Gasteiger partial charge on any atom is -0.480 e. The van der Waals surface area contributed by atoms with Crippen LogP contribution < -0.4 is 0 Å². The van der Waals surface area contributed by atoms with E-state index in [-0.39, 0.29) is 10.7 Å². The summed E-state index contributed by atoms with van der Waals surface area (Å²) in [6.45, 7) is 8.04. The summed E-state index contributed by atoms with van der Waals surface area (Å²) in [5.74, 6) is 0.166. The molecular weight excluding hydrogens is 160 g/mol. The Morgan fingerprint density at radius 1 is 1.55 bits per heavy atom. The third-order valence-corrected chi connectivity index (χ3v) is 2.85. The molecule has 0 aromatic rings. The van der Waals surface area contributed by atoms with Crippen molar-refractivity contribution < 1.29 is 9.90 Å². The lowest BCUT2D eigenvalue weighted by Gasteiger charge is -2.18. The van der Waals surface area contributed by atoms with E-state index in [4.69, 9.17) is 5.11 Å². The number of hydrogen-bond acceptors (Lipinski definition) is 2. The highest BCUT2D eigenvalue weighted by molar-refractivity contribution is 8.00. The molecule has 0 saturated heterocycles. The van der Waals surface area contributed by atoms with Crippen molar-refractivity contribution in [3.8, 4) is 0 Å². The Morgan fingerprint density at radius 3 is 2.27 bits per heavy atom. The molecule has 0 aromatic carbocycles. The standard InChI is InChI=1S/C8H16O2S/c1-6(7(9)10)11-5-8(2,3)4/h6H,5H2,1-4H3,(H,9,10). The second-order valence-electron chi connectivity index (χ2n) is 3.85. The minimum absolute atomic E-state index is 0.217. The number of thioether (sulfide) groups is 1. The van der Waals surface area contributed by atoms with Gasteiger partial charge >= 0.3 is 5.97 Å². The van der Waals surface area contributed by atoms with Gasteiger partial charge in [0.05, 0.1) is 5.25 Å². The summed E-state index contributed by atoms with van der Waals surface area (Å²) in [5, 5.41) is 8.27. The molecule has 0 amide bonds. The first-order valence-corrected chi connectivity index (χ1v) is 4.72. The van der Waals surface area contributed by atoms with Crippen LogP contribution in [0.2, 0.25) is 0 Å². The van der Waals surface area contributed by atoms with E-state index in [1.165, 1.54) is 11.8 Å². The molecule has 11 heavy (non-hydrogen) atoms. The second-order valence-corrected chi connectivity index (χ2v) is 5.18. The van der Waals surface area contributed by atoms with E-state index in [0.717, 1.165) is 5.75 Å². The van der Waals surface area contributed by atoms with Crippen molar-refractivity contribution >= 4 is 17.7 Å². The van der Waals surface area contributed by atoms with Gasteiger partial charge in [0.15, 0.2) is 0 Å². The van der Waals surface area contributed by atoms with Crippen LogP contribution in [-0.4, -0.2) is 22.1 Å². The fraction of sp³-hybridized carbons (Fsp3) is 0.875. The lowest BCUT2D eigenvalue weighted by Crippen LogP contribution is -2.17. The van der Waals surface area contributed by atoms with Gasteiger partial charge in [-0.05, 0) is 18.1 Å². The largest absolute Gasteiger partial charge is 0.480 e. The van der Waals surface area contributed by atoms with Gasteiger partial charge in [0.1, 0.15) is 0 Å². The quantitative estimate of drug-likeness (QED) is 0.716. The van der Waals surface area contributed by atoms with E-state index in [1.807, 2.05) is 0 Å². The third-order valence-electron chi connectivity index (χ3n) is 1.11. The van der Waals surface area contributed by atoms with Crippen LogP contribution in [0.15, 0.2) is 0 Å². The number of hydrogen-bond donors (Lipinski definition) is 1. The van der Waals surface area contributed by atoms with Gasteiger partial charge in [-0.2, -0.15) is 0 Å². The molecule has 66 valence electrons. The normalized spacial score (nSPS) is 14.5. The first kappa shape index (κ1) is 10.8. The van der Waals surface area contributed by atoms with Gasteiger partial charge in [-0.15, -0.1) is 11.8 Å². The predicted molar refractivity (Wildman–Crippen MR) is 49.0 cm³/mol. The number of carbonyl (C=O) groups is 1. The molecule has 0 bridgehead atoms. The lowest BCUT2D eigenvalue weighted by molar-refractivity contribution is -0.136. The molecule has 0 heterocycles. The van der Waals surface area contributed by atoms with E-state index in [0.29, 0.717) is 0 Å². The molecule has 3 heteroatoms. The number of aliphatic carboxylic acids is 1. The zero-order valence-electron chi connectivity index (χ0n) is 7.55. The van der Waals surface area contributed by atoms with Crippen molar-refractivity contribution in [1.29, 1.82) is 0 Å². The van der Waals surface area contributed by atoms with Crippen LogP contribution in [0.25, 0.3) is 0 Å². The minimum atomic E-state index is -0.723. The Morgan fingerprint density at radius 2 is 2.00 bits per heavy atom. The van der Waals surface area contributed by atoms with Gasteiger partial charge in [0.2, 0.25) is 0 Å². The lowest BCUT2D eigenvalue weighted by atomic mass is 10.0. The Balaban J connectivity index is 3.63. The van der Waals surface area contributed by atoms with Gasteiger partial charge in [-0.1, -0.05) is 20.8 Å². The summed E-state index contributed by atoms with van der Waals surface area (Å²) in [6, 6.07) is 0. The monoisotopic (exact) mass is 176 g/mol. The van der Waals surface area contributed by atoms with Gasteiger partial charge in [-0.25, -0.2) is 0 Å². The summed E-state index contributed by atoms with van der Waals surface area (Å²) in [7, 11) is 0. The van der Waals surface area contributed by atoms with Gasteiger partial charge in [-0.3, -0.25) is 4.79 Å². The molecule has 0 spiro atoms. The van der Waals surface area contributed by atoms with Crippen LogP contribution in [0.1, 0.15) is 27.7 Å². The van der Waals surface area contributed by atoms with Gasteiger partial charge in [0.25, 0.3) is 0 Å². The van der Waals surface area contributed by atoms with Crippen molar-refractivity contribution in [3.63, 3.8) is 0 Å². The fourth-order valence-corrected chi connectivity index (χ4v) is 1.34. The molecule has 2 nitrogen and oxygen atoms in total. The van der Waals surface area contributed by atoms with E-state index in [2.05, 4.69) is 20.8 Å². The van der Waals surface area contributed by atoms with Crippen LogP contribution in [0.5, 0.6) is 0 Å².